The molecule has 3 heteroatoms. The number of hydrogen-bond acceptors (Lipinski definition) is 3. The summed E-state index contributed by atoms with van der Waals surface area (Å²) in [5, 5.41) is 13.4. The molecule has 15 heavy (non-hydrogen) atoms. The van der Waals surface area contributed by atoms with E-state index in [2.05, 4.69) is 38.0 Å². The molecule has 0 aromatic heterocycles. The maximum absolute atomic E-state index is 9.90. The van der Waals surface area contributed by atoms with Crippen molar-refractivity contribution in [1.29, 1.82) is 0 Å². The topological polar surface area (TPSA) is 35.5 Å². The van der Waals surface area contributed by atoms with Crippen molar-refractivity contribution in [2.75, 3.05) is 26.7 Å². The van der Waals surface area contributed by atoms with Crippen molar-refractivity contribution >= 4 is 0 Å². The van der Waals surface area contributed by atoms with Gasteiger partial charge in [0.2, 0.25) is 0 Å². The molecule has 0 aromatic carbocycles. The highest BCUT2D eigenvalue weighted by atomic mass is 16.3. The molecular formula is C12H26N2O. The average molecular weight is 214 g/mol. The van der Waals surface area contributed by atoms with Gasteiger partial charge in [0.1, 0.15) is 0 Å². The Morgan fingerprint density at radius 1 is 1.33 bits per heavy atom. The van der Waals surface area contributed by atoms with Gasteiger partial charge in [-0.2, -0.15) is 0 Å². The minimum Gasteiger partial charge on any atom is -0.391 e. The summed E-state index contributed by atoms with van der Waals surface area (Å²) in [4.78, 5) is 2.36. The summed E-state index contributed by atoms with van der Waals surface area (Å²) in [6.45, 7) is 9.29. The van der Waals surface area contributed by atoms with Crippen LogP contribution in [-0.2, 0) is 0 Å². The molecular weight excluding hydrogens is 188 g/mol. The smallest absolute Gasteiger partial charge is 0.0712 e. The fraction of sp³-hybridized carbons (Fsp3) is 1.00. The first-order valence-electron chi connectivity index (χ1n) is 5.99. The van der Waals surface area contributed by atoms with Crippen molar-refractivity contribution in [2.24, 2.45) is 5.41 Å². The molecule has 0 bridgehead atoms. The first-order chi connectivity index (χ1) is 6.89. The number of hydrogen-bond donors (Lipinski definition) is 2. The quantitative estimate of drug-likeness (QED) is 0.738. The van der Waals surface area contributed by atoms with E-state index in [9.17, 15) is 5.11 Å². The van der Waals surface area contributed by atoms with Crippen LogP contribution < -0.4 is 5.32 Å². The number of aliphatic hydroxyl groups is 1. The SMILES string of the molecule is CN1CCC(NCC(O)C(C)(C)C)CC1. The van der Waals surface area contributed by atoms with E-state index in [-0.39, 0.29) is 11.5 Å². The van der Waals surface area contributed by atoms with E-state index < -0.39 is 0 Å². The molecule has 0 amide bonds. The van der Waals surface area contributed by atoms with Crippen LogP contribution in [-0.4, -0.2) is 48.8 Å². The summed E-state index contributed by atoms with van der Waals surface area (Å²) in [6.07, 6.45) is 2.15. The van der Waals surface area contributed by atoms with E-state index in [1.807, 2.05) is 0 Å². The number of nitrogens with zero attached hydrogens (tertiary/aromatic N) is 1. The third kappa shape index (κ3) is 4.49. The van der Waals surface area contributed by atoms with Crippen LogP contribution >= 0.6 is 0 Å². The predicted molar refractivity (Wildman–Crippen MR) is 64.0 cm³/mol. The van der Waals surface area contributed by atoms with E-state index >= 15 is 0 Å². The van der Waals surface area contributed by atoms with Gasteiger partial charge in [-0.25, -0.2) is 0 Å². The van der Waals surface area contributed by atoms with Gasteiger partial charge in [-0.05, 0) is 38.4 Å². The van der Waals surface area contributed by atoms with Crippen LogP contribution in [0.3, 0.4) is 0 Å². The van der Waals surface area contributed by atoms with Gasteiger partial charge in [-0.1, -0.05) is 20.8 Å². The molecule has 0 spiro atoms. The highest BCUT2D eigenvalue weighted by Crippen LogP contribution is 2.18. The third-order valence-electron chi connectivity index (χ3n) is 3.32. The molecule has 1 rings (SSSR count). The zero-order valence-electron chi connectivity index (χ0n) is 10.6. The number of aliphatic hydroxyl groups excluding tert-OH is 1. The van der Waals surface area contributed by atoms with Gasteiger partial charge >= 0.3 is 0 Å². The molecule has 0 aliphatic carbocycles. The largest absolute Gasteiger partial charge is 0.391 e. The highest BCUT2D eigenvalue weighted by Gasteiger charge is 2.23. The van der Waals surface area contributed by atoms with Crippen molar-refractivity contribution in [2.45, 2.75) is 45.8 Å². The Morgan fingerprint density at radius 2 is 1.87 bits per heavy atom. The lowest BCUT2D eigenvalue weighted by molar-refractivity contribution is 0.0578. The van der Waals surface area contributed by atoms with Gasteiger partial charge in [-0.3, -0.25) is 0 Å². The second-order valence-electron chi connectivity index (χ2n) is 5.87. The standard InChI is InChI=1S/C12H26N2O/c1-12(2,3)11(15)9-13-10-5-7-14(4)8-6-10/h10-11,13,15H,5-9H2,1-4H3. The van der Waals surface area contributed by atoms with Gasteiger partial charge in [0.05, 0.1) is 6.10 Å². The fourth-order valence-corrected chi connectivity index (χ4v) is 1.80. The molecule has 0 aromatic rings. The molecule has 1 heterocycles. The van der Waals surface area contributed by atoms with E-state index in [1.165, 1.54) is 25.9 Å². The molecule has 90 valence electrons. The van der Waals surface area contributed by atoms with Gasteiger partial charge in [0.15, 0.2) is 0 Å². The Hall–Kier alpha value is -0.120. The van der Waals surface area contributed by atoms with Gasteiger partial charge in [0.25, 0.3) is 0 Å². The molecule has 1 saturated heterocycles. The Labute approximate surface area is 93.9 Å². The van der Waals surface area contributed by atoms with Gasteiger partial charge in [0, 0.05) is 12.6 Å². The molecule has 1 aliphatic heterocycles. The third-order valence-corrected chi connectivity index (χ3v) is 3.32. The summed E-state index contributed by atoms with van der Waals surface area (Å²) in [5.74, 6) is 0. The molecule has 1 unspecified atom stereocenters. The van der Waals surface area contributed by atoms with Crippen LogP contribution in [0.5, 0.6) is 0 Å². The lowest BCUT2D eigenvalue weighted by atomic mass is 9.89. The Bertz CT molecular complexity index is 181. The maximum atomic E-state index is 9.90. The second-order valence-corrected chi connectivity index (χ2v) is 5.87. The molecule has 0 radical (unpaired) electrons. The monoisotopic (exact) mass is 214 g/mol. The minimum atomic E-state index is -0.253. The highest BCUT2D eigenvalue weighted by molar-refractivity contribution is 4.80. The van der Waals surface area contributed by atoms with Crippen LogP contribution in [0.25, 0.3) is 0 Å². The van der Waals surface area contributed by atoms with E-state index in [4.69, 9.17) is 0 Å². The van der Waals surface area contributed by atoms with E-state index in [0.29, 0.717) is 6.04 Å². The summed E-state index contributed by atoms with van der Waals surface area (Å²) in [7, 11) is 2.17. The first-order valence-corrected chi connectivity index (χ1v) is 5.99. The van der Waals surface area contributed by atoms with Crippen LogP contribution in [0, 0.1) is 5.41 Å². The molecule has 0 saturated carbocycles. The van der Waals surface area contributed by atoms with Gasteiger partial charge in [-0.15, -0.1) is 0 Å². The fourth-order valence-electron chi connectivity index (χ4n) is 1.80. The summed E-state index contributed by atoms with van der Waals surface area (Å²) in [6, 6.07) is 0.596. The van der Waals surface area contributed by atoms with Crippen LogP contribution in [0.1, 0.15) is 33.6 Å². The van der Waals surface area contributed by atoms with E-state index in [0.717, 1.165) is 6.54 Å². The van der Waals surface area contributed by atoms with Crippen molar-refractivity contribution in [3.63, 3.8) is 0 Å². The maximum Gasteiger partial charge on any atom is 0.0712 e. The minimum absolute atomic E-state index is 0.0154. The molecule has 2 N–H and O–H groups in total. The van der Waals surface area contributed by atoms with Gasteiger partial charge < -0.3 is 15.3 Å². The zero-order chi connectivity index (χ0) is 11.5. The predicted octanol–water partition coefficient (Wildman–Crippen LogP) is 1.08. The van der Waals surface area contributed by atoms with Crippen LogP contribution in [0.2, 0.25) is 0 Å². The molecule has 1 aliphatic rings. The molecule has 1 fully saturated rings. The number of nitrogens with one attached hydrogen (secondary N) is 1. The van der Waals surface area contributed by atoms with Crippen molar-refractivity contribution < 1.29 is 5.11 Å². The molecule has 3 nitrogen and oxygen atoms in total. The van der Waals surface area contributed by atoms with Crippen LogP contribution in [0.4, 0.5) is 0 Å². The summed E-state index contributed by atoms with van der Waals surface area (Å²) in [5.41, 5.74) is -0.0154. The van der Waals surface area contributed by atoms with Crippen molar-refractivity contribution in [1.82, 2.24) is 10.2 Å². The van der Waals surface area contributed by atoms with Crippen LogP contribution in [0.15, 0.2) is 0 Å². The van der Waals surface area contributed by atoms with Crippen molar-refractivity contribution in [3.8, 4) is 0 Å². The first kappa shape index (κ1) is 12.9. The summed E-state index contributed by atoms with van der Waals surface area (Å²) >= 11 is 0. The number of piperidine rings is 1. The zero-order valence-corrected chi connectivity index (χ0v) is 10.6. The van der Waals surface area contributed by atoms with E-state index in [1.54, 1.807) is 0 Å². The average Bonchev–Trinajstić information content (AvgIpc) is 2.15. The Kier molecular flexibility index (Phi) is 4.56. The Morgan fingerprint density at radius 3 is 2.33 bits per heavy atom. The molecule has 1 atom stereocenters. The Balaban J connectivity index is 2.20. The number of likely N-dealkylation sites (tertiary alicyclic amines) is 1. The lowest BCUT2D eigenvalue weighted by Gasteiger charge is -2.32. The number of rotatable bonds is 3. The summed E-state index contributed by atoms with van der Waals surface area (Å²) < 4.78 is 0. The normalized spacial score (nSPS) is 23.0. The lowest BCUT2D eigenvalue weighted by Crippen LogP contribution is -2.45. The van der Waals surface area contributed by atoms with Crippen molar-refractivity contribution in [3.05, 3.63) is 0 Å². The second kappa shape index (κ2) is 5.28.